The molecule has 164 valence electrons. The highest BCUT2D eigenvalue weighted by molar-refractivity contribution is 9.10. The Kier molecular flexibility index (Phi) is 8.08. The molecule has 8 heteroatoms. The highest BCUT2D eigenvalue weighted by Crippen LogP contribution is 2.24. The number of hydrogen-bond acceptors (Lipinski definition) is 6. The number of ether oxygens (including phenoxy) is 3. The summed E-state index contributed by atoms with van der Waals surface area (Å²) in [4.78, 5) is 26.7. The van der Waals surface area contributed by atoms with Crippen molar-refractivity contribution in [2.75, 3.05) is 43.6 Å². The summed E-state index contributed by atoms with van der Waals surface area (Å²) in [7, 11) is 1.55. The Hall–Kier alpha value is -2.84. The van der Waals surface area contributed by atoms with Gasteiger partial charge in [0.1, 0.15) is 5.75 Å². The number of esters is 1. The minimum absolute atomic E-state index is 0.402. The van der Waals surface area contributed by atoms with Crippen LogP contribution in [0.1, 0.15) is 12.5 Å². The van der Waals surface area contributed by atoms with Gasteiger partial charge in [-0.15, -0.1) is 0 Å². The summed E-state index contributed by atoms with van der Waals surface area (Å²) in [6.07, 6.45) is 1.91. The van der Waals surface area contributed by atoms with Gasteiger partial charge in [-0.2, -0.15) is 0 Å². The first kappa shape index (κ1) is 22.8. The van der Waals surface area contributed by atoms with Crippen molar-refractivity contribution < 1.29 is 23.8 Å². The normalized spacial score (nSPS) is 14.9. The van der Waals surface area contributed by atoms with Crippen LogP contribution in [0.3, 0.4) is 0 Å². The van der Waals surface area contributed by atoms with Crippen molar-refractivity contribution in [3.05, 3.63) is 58.6 Å². The number of halogens is 1. The van der Waals surface area contributed by atoms with E-state index in [4.69, 9.17) is 14.2 Å². The van der Waals surface area contributed by atoms with Crippen LogP contribution in [0.15, 0.2) is 53.0 Å². The average molecular weight is 489 g/mol. The fourth-order valence-corrected chi connectivity index (χ4v) is 3.46. The van der Waals surface area contributed by atoms with E-state index in [1.54, 1.807) is 19.3 Å². The van der Waals surface area contributed by atoms with Crippen LogP contribution in [-0.4, -0.2) is 51.4 Å². The van der Waals surface area contributed by atoms with Crippen LogP contribution in [-0.2, 0) is 19.1 Å². The molecule has 0 saturated carbocycles. The van der Waals surface area contributed by atoms with Gasteiger partial charge in [-0.1, -0.05) is 15.9 Å². The van der Waals surface area contributed by atoms with Crippen molar-refractivity contribution in [2.24, 2.45) is 0 Å². The number of benzene rings is 2. The van der Waals surface area contributed by atoms with Gasteiger partial charge in [0.05, 0.1) is 20.3 Å². The van der Waals surface area contributed by atoms with Crippen molar-refractivity contribution in [3.63, 3.8) is 0 Å². The second-order valence-corrected chi connectivity index (χ2v) is 7.85. The molecule has 1 atom stereocenters. The maximum Gasteiger partial charge on any atom is 0.331 e. The lowest BCUT2D eigenvalue weighted by Crippen LogP contribution is -2.36. The number of morpholine rings is 1. The monoisotopic (exact) mass is 488 g/mol. The molecule has 3 rings (SSSR count). The van der Waals surface area contributed by atoms with E-state index in [1.807, 2.05) is 36.4 Å². The summed E-state index contributed by atoms with van der Waals surface area (Å²) < 4.78 is 16.7. The van der Waals surface area contributed by atoms with Gasteiger partial charge in [-0.05, 0) is 55.5 Å². The van der Waals surface area contributed by atoms with Gasteiger partial charge in [0.25, 0.3) is 5.91 Å². The SMILES string of the molecule is COc1ccc(Br)cc1/C=C/C(=O)OC(C)C(=O)Nc1ccc(N2CCOCC2)cc1. The van der Waals surface area contributed by atoms with Crippen LogP contribution in [0.25, 0.3) is 6.08 Å². The molecule has 1 unspecified atom stereocenters. The van der Waals surface area contributed by atoms with Crippen molar-refractivity contribution in [2.45, 2.75) is 13.0 Å². The van der Waals surface area contributed by atoms with Gasteiger partial charge >= 0.3 is 5.97 Å². The zero-order chi connectivity index (χ0) is 22.2. The zero-order valence-electron chi connectivity index (χ0n) is 17.5. The third-order valence-corrected chi connectivity index (χ3v) is 5.26. The molecular formula is C23H25BrN2O5. The lowest BCUT2D eigenvalue weighted by molar-refractivity contribution is -0.148. The van der Waals surface area contributed by atoms with Crippen molar-refractivity contribution >= 4 is 45.3 Å². The molecule has 1 saturated heterocycles. The van der Waals surface area contributed by atoms with E-state index in [-0.39, 0.29) is 0 Å². The van der Waals surface area contributed by atoms with Crippen LogP contribution >= 0.6 is 15.9 Å². The van der Waals surface area contributed by atoms with Crippen LogP contribution in [0.4, 0.5) is 11.4 Å². The van der Waals surface area contributed by atoms with Gasteiger partial charge < -0.3 is 24.4 Å². The third kappa shape index (κ3) is 6.57. The van der Waals surface area contributed by atoms with Gasteiger partial charge in [-0.3, -0.25) is 4.79 Å². The largest absolute Gasteiger partial charge is 0.496 e. The predicted octanol–water partition coefficient (Wildman–Crippen LogP) is 3.88. The fourth-order valence-electron chi connectivity index (χ4n) is 3.08. The van der Waals surface area contributed by atoms with Gasteiger partial charge in [0.15, 0.2) is 6.10 Å². The van der Waals surface area contributed by atoms with Crippen molar-refractivity contribution in [3.8, 4) is 5.75 Å². The molecule has 1 amide bonds. The number of methoxy groups -OCH3 is 1. The Labute approximate surface area is 190 Å². The molecule has 2 aromatic rings. The molecule has 7 nitrogen and oxygen atoms in total. The summed E-state index contributed by atoms with van der Waals surface area (Å²) in [6, 6.07) is 13.0. The van der Waals surface area contributed by atoms with Crippen LogP contribution < -0.4 is 15.0 Å². The van der Waals surface area contributed by atoms with E-state index in [0.29, 0.717) is 30.2 Å². The smallest absolute Gasteiger partial charge is 0.331 e. The number of carbonyl (C=O) groups excluding carboxylic acids is 2. The first-order valence-corrected chi connectivity index (χ1v) is 10.7. The number of nitrogens with zero attached hydrogens (tertiary/aromatic N) is 1. The summed E-state index contributed by atoms with van der Waals surface area (Å²) in [5.74, 6) is -0.396. The molecular weight excluding hydrogens is 464 g/mol. The third-order valence-electron chi connectivity index (χ3n) is 4.76. The van der Waals surface area contributed by atoms with E-state index in [9.17, 15) is 9.59 Å². The van der Waals surface area contributed by atoms with Gasteiger partial charge in [0.2, 0.25) is 0 Å². The van der Waals surface area contributed by atoms with E-state index in [1.165, 1.54) is 13.0 Å². The maximum atomic E-state index is 12.4. The summed E-state index contributed by atoms with van der Waals surface area (Å²) in [5, 5.41) is 2.77. The van der Waals surface area contributed by atoms with Crippen LogP contribution in [0, 0.1) is 0 Å². The molecule has 2 aromatic carbocycles. The quantitative estimate of drug-likeness (QED) is 0.470. The molecule has 0 radical (unpaired) electrons. The lowest BCUT2D eigenvalue weighted by atomic mass is 10.2. The first-order valence-electron chi connectivity index (χ1n) is 9.92. The zero-order valence-corrected chi connectivity index (χ0v) is 19.1. The minimum Gasteiger partial charge on any atom is -0.496 e. The fraction of sp³-hybridized carbons (Fsp3) is 0.304. The van der Waals surface area contributed by atoms with E-state index >= 15 is 0 Å². The molecule has 1 aliphatic heterocycles. The van der Waals surface area contributed by atoms with Gasteiger partial charge in [-0.25, -0.2) is 4.79 Å². The number of carbonyl (C=O) groups is 2. The Morgan fingerprint density at radius 1 is 1.16 bits per heavy atom. The Balaban J connectivity index is 1.53. The average Bonchev–Trinajstić information content (AvgIpc) is 2.79. The topological polar surface area (TPSA) is 77.1 Å². The summed E-state index contributed by atoms with van der Waals surface area (Å²) in [5.41, 5.74) is 2.43. The summed E-state index contributed by atoms with van der Waals surface area (Å²) in [6.45, 7) is 4.65. The molecule has 1 aliphatic rings. The molecule has 1 fully saturated rings. The molecule has 0 bridgehead atoms. The maximum absolute atomic E-state index is 12.4. The standard InChI is InChI=1S/C23H25BrN2O5/c1-16(31-22(27)10-3-17-15-18(24)4-9-21(17)29-2)23(28)25-19-5-7-20(8-6-19)26-11-13-30-14-12-26/h3-10,15-16H,11-14H2,1-2H3,(H,25,28)/b10-3+. The Morgan fingerprint density at radius 2 is 1.87 bits per heavy atom. The molecule has 1 N–H and O–H groups in total. The highest BCUT2D eigenvalue weighted by Gasteiger charge is 2.17. The second-order valence-electron chi connectivity index (χ2n) is 6.93. The minimum atomic E-state index is -0.944. The number of anilines is 2. The van der Waals surface area contributed by atoms with Crippen molar-refractivity contribution in [1.82, 2.24) is 0 Å². The van der Waals surface area contributed by atoms with Gasteiger partial charge in [0, 0.05) is 40.6 Å². The number of rotatable bonds is 7. The van der Waals surface area contributed by atoms with Crippen LogP contribution in [0.2, 0.25) is 0 Å². The van der Waals surface area contributed by atoms with Crippen molar-refractivity contribution in [1.29, 1.82) is 0 Å². The first-order chi connectivity index (χ1) is 15.0. The molecule has 31 heavy (non-hydrogen) atoms. The predicted molar refractivity (Wildman–Crippen MR) is 123 cm³/mol. The number of nitrogens with one attached hydrogen (secondary N) is 1. The number of hydrogen-bond donors (Lipinski definition) is 1. The molecule has 0 spiro atoms. The molecule has 0 aromatic heterocycles. The molecule has 0 aliphatic carbocycles. The van der Waals surface area contributed by atoms with E-state index < -0.39 is 18.0 Å². The van der Waals surface area contributed by atoms with Crippen LogP contribution in [0.5, 0.6) is 5.75 Å². The highest BCUT2D eigenvalue weighted by atomic mass is 79.9. The summed E-state index contributed by atoms with van der Waals surface area (Å²) >= 11 is 3.38. The number of amides is 1. The van der Waals surface area contributed by atoms with E-state index in [0.717, 1.165) is 23.2 Å². The van der Waals surface area contributed by atoms with E-state index in [2.05, 4.69) is 26.1 Å². The molecule has 1 heterocycles. The Bertz CT molecular complexity index is 939. The second kappa shape index (κ2) is 11.0. The Morgan fingerprint density at radius 3 is 2.55 bits per heavy atom. The lowest BCUT2D eigenvalue weighted by Gasteiger charge is -2.28.